The van der Waals surface area contributed by atoms with Gasteiger partial charge in [0.15, 0.2) is 5.65 Å². The van der Waals surface area contributed by atoms with Crippen LogP contribution in [0.1, 0.15) is 16.8 Å². The molecule has 4 rings (SSSR count). The lowest BCUT2D eigenvalue weighted by molar-refractivity contribution is 0.414. The number of rotatable bonds is 6. The molecule has 0 radical (unpaired) electrons. The number of aryl methyl sites for hydroxylation is 2. The van der Waals surface area contributed by atoms with E-state index >= 15 is 0 Å². The Morgan fingerprint density at radius 1 is 1.03 bits per heavy atom. The number of benzene rings is 1. The van der Waals surface area contributed by atoms with Gasteiger partial charge in [-0.25, -0.2) is 9.97 Å². The fraction of sp³-hybridized carbons (Fsp3) is 0.227. The van der Waals surface area contributed by atoms with Crippen molar-refractivity contribution in [2.75, 3.05) is 24.4 Å². The number of hydrogen-bond acceptors (Lipinski definition) is 6. The highest BCUT2D eigenvalue weighted by Gasteiger charge is 2.14. The van der Waals surface area contributed by atoms with Crippen LogP contribution in [0.2, 0.25) is 0 Å². The van der Waals surface area contributed by atoms with Crippen molar-refractivity contribution >= 4 is 23.1 Å². The Labute approximate surface area is 170 Å². The first-order valence-corrected chi connectivity index (χ1v) is 9.43. The molecule has 3 heterocycles. The molecule has 148 valence electrons. The van der Waals surface area contributed by atoms with Crippen molar-refractivity contribution in [1.29, 1.82) is 0 Å². The van der Waals surface area contributed by atoms with Crippen LogP contribution in [-0.2, 0) is 6.54 Å². The molecule has 0 bridgehead atoms. The number of anilines is 3. The molecule has 0 atom stereocenters. The van der Waals surface area contributed by atoms with E-state index in [1.165, 1.54) is 5.56 Å². The Balaban J connectivity index is 1.68. The van der Waals surface area contributed by atoms with Crippen LogP contribution in [0.4, 0.5) is 17.5 Å². The van der Waals surface area contributed by atoms with Gasteiger partial charge in [0.2, 0.25) is 0 Å². The summed E-state index contributed by atoms with van der Waals surface area (Å²) in [7, 11) is 3.72. The first kappa shape index (κ1) is 18.7. The number of ether oxygens (including phenoxy) is 1. The van der Waals surface area contributed by atoms with Crippen molar-refractivity contribution in [3.05, 3.63) is 71.5 Å². The number of aromatic nitrogens is 4. The normalized spacial score (nSPS) is 10.9. The monoisotopic (exact) mass is 388 g/mol. The maximum atomic E-state index is 5.25. The van der Waals surface area contributed by atoms with E-state index in [1.807, 2.05) is 68.0 Å². The Morgan fingerprint density at radius 2 is 1.83 bits per heavy atom. The SMILES string of the molecule is COc1ccc(CN(C)c2cc(Nc3cccc(C)n3)nc3c(C)cnn23)cc1. The van der Waals surface area contributed by atoms with E-state index in [9.17, 15) is 0 Å². The largest absolute Gasteiger partial charge is 0.497 e. The summed E-state index contributed by atoms with van der Waals surface area (Å²) in [5.74, 6) is 3.29. The second kappa shape index (κ2) is 7.79. The molecule has 29 heavy (non-hydrogen) atoms. The Hall–Kier alpha value is -3.61. The molecular formula is C22H24N6O. The average Bonchev–Trinajstić information content (AvgIpc) is 3.09. The fourth-order valence-electron chi connectivity index (χ4n) is 3.22. The molecule has 1 N–H and O–H groups in total. The molecule has 7 heteroatoms. The van der Waals surface area contributed by atoms with Crippen LogP contribution in [0.25, 0.3) is 5.65 Å². The summed E-state index contributed by atoms with van der Waals surface area (Å²) in [5, 5.41) is 7.84. The summed E-state index contributed by atoms with van der Waals surface area (Å²) < 4.78 is 7.12. The zero-order chi connectivity index (χ0) is 20.4. The van der Waals surface area contributed by atoms with E-state index in [0.29, 0.717) is 0 Å². The summed E-state index contributed by atoms with van der Waals surface area (Å²) in [6, 6.07) is 16.0. The minimum absolute atomic E-state index is 0.726. The van der Waals surface area contributed by atoms with Gasteiger partial charge in [0.05, 0.1) is 13.3 Å². The summed E-state index contributed by atoms with van der Waals surface area (Å²) in [5.41, 5.74) is 3.97. The molecule has 0 spiro atoms. The highest BCUT2D eigenvalue weighted by Crippen LogP contribution is 2.24. The van der Waals surface area contributed by atoms with Crippen LogP contribution in [-0.4, -0.2) is 33.7 Å². The van der Waals surface area contributed by atoms with Gasteiger partial charge < -0.3 is 15.0 Å². The quantitative estimate of drug-likeness (QED) is 0.536. The van der Waals surface area contributed by atoms with Gasteiger partial charge in [0.25, 0.3) is 0 Å². The van der Waals surface area contributed by atoms with Crippen molar-refractivity contribution in [3.8, 4) is 5.75 Å². The van der Waals surface area contributed by atoms with Gasteiger partial charge in [-0.05, 0) is 43.7 Å². The van der Waals surface area contributed by atoms with Crippen LogP contribution < -0.4 is 15.0 Å². The van der Waals surface area contributed by atoms with Crippen molar-refractivity contribution < 1.29 is 4.74 Å². The molecule has 0 saturated carbocycles. The third-order valence-corrected chi connectivity index (χ3v) is 4.74. The predicted octanol–water partition coefficient (Wildman–Crippen LogP) is 4.13. The van der Waals surface area contributed by atoms with Gasteiger partial charge in [0.1, 0.15) is 23.2 Å². The van der Waals surface area contributed by atoms with Gasteiger partial charge in [-0.2, -0.15) is 9.61 Å². The van der Waals surface area contributed by atoms with Gasteiger partial charge in [-0.15, -0.1) is 0 Å². The molecule has 0 aliphatic heterocycles. The Bertz CT molecular complexity index is 1140. The minimum Gasteiger partial charge on any atom is -0.497 e. The standard InChI is InChI=1S/C22H24N6O/c1-15-13-23-28-21(27(3)14-17-8-10-18(29-4)11-9-17)12-20(26-22(15)28)25-19-7-5-6-16(2)24-19/h5-13H,14H2,1-4H3,(H,24,25,26). The van der Waals surface area contributed by atoms with Gasteiger partial charge in [-0.3, -0.25) is 0 Å². The van der Waals surface area contributed by atoms with Crippen LogP contribution in [0.3, 0.4) is 0 Å². The van der Waals surface area contributed by atoms with E-state index in [0.717, 1.165) is 46.7 Å². The summed E-state index contributed by atoms with van der Waals surface area (Å²) >= 11 is 0. The number of fused-ring (bicyclic) bond motifs is 1. The van der Waals surface area contributed by atoms with Gasteiger partial charge in [0, 0.05) is 30.9 Å². The summed E-state index contributed by atoms with van der Waals surface area (Å²) in [6.45, 7) is 4.71. The molecule has 0 saturated heterocycles. The van der Waals surface area contributed by atoms with E-state index in [1.54, 1.807) is 7.11 Å². The number of nitrogens with zero attached hydrogens (tertiary/aromatic N) is 5. The first-order valence-electron chi connectivity index (χ1n) is 9.43. The first-order chi connectivity index (χ1) is 14.0. The molecule has 0 unspecified atom stereocenters. The lowest BCUT2D eigenvalue weighted by atomic mass is 10.2. The highest BCUT2D eigenvalue weighted by atomic mass is 16.5. The smallest absolute Gasteiger partial charge is 0.162 e. The van der Waals surface area contributed by atoms with Crippen LogP contribution >= 0.6 is 0 Å². The molecule has 0 aliphatic carbocycles. The average molecular weight is 388 g/mol. The van der Waals surface area contributed by atoms with Gasteiger partial charge >= 0.3 is 0 Å². The minimum atomic E-state index is 0.726. The molecule has 3 aromatic heterocycles. The van der Waals surface area contributed by atoms with E-state index in [4.69, 9.17) is 9.72 Å². The molecule has 0 amide bonds. The van der Waals surface area contributed by atoms with Crippen LogP contribution in [0, 0.1) is 13.8 Å². The zero-order valence-corrected chi connectivity index (χ0v) is 17.0. The molecule has 7 nitrogen and oxygen atoms in total. The molecule has 4 aromatic rings. The third-order valence-electron chi connectivity index (χ3n) is 4.74. The van der Waals surface area contributed by atoms with Crippen molar-refractivity contribution in [3.63, 3.8) is 0 Å². The lowest BCUT2D eigenvalue weighted by Crippen LogP contribution is -2.20. The van der Waals surface area contributed by atoms with Crippen LogP contribution in [0.15, 0.2) is 54.7 Å². The Kier molecular flexibility index (Phi) is 5.03. The highest BCUT2D eigenvalue weighted by molar-refractivity contribution is 5.64. The molecule has 0 fully saturated rings. The third kappa shape index (κ3) is 3.99. The maximum Gasteiger partial charge on any atom is 0.162 e. The fourth-order valence-corrected chi connectivity index (χ4v) is 3.22. The summed E-state index contributed by atoms with van der Waals surface area (Å²) in [6.07, 6.45) is 1.84. The van der Waals surface area contributed by atoms with Gasteiger partial charge in [-0.1, -0.05) is 18.2 Å². The molecular weight excluding hydrogens is 364 g/mol. The molecule has 0 aliphatic rings. The topological polar surface area (TPSA) is 67.6 Å². The van der Waals surface area contributed by atoms with E-state index in [2.05, 4.69) is 32.4 Å². The summed E-state index contributed by atoms with van der Waals surface area (Å²) in [4.78, 5) is 11.4. The number of hydrogen-bond donors (Lipinski definition) is 1. The van der Waals surface area contributed by atoms with Crippen molar-refractivity contribution in [1.82, 2.24) is 19.6 Å². The van der Waals surface area contributed by atoms with Crippen LogP contribution in [0.5, 0.6) is 5.75 Å². The Morgan fingerprint density at radius 3 is 2.55 bits per heavy atom. The van der Waals surface area contributed by atoms with E-state index < -0.39 is 0 Å². The number of methoxy groups -OCH3 is 1. The predicted molar refractivity (Wildman–Crippen MR) is 115 cm³/mol. The number of pyridine rings is 1. The van der Waals surface area contributed by atoms with Crippen molar-refractivity contribution in [2.45, 2.75) is 20.4 Å². The lowest BCUT2D eigenvalue weighted by Gasteiger charge is -2.21. The van der Waals surface area contributed by atoms with Crippen molar-refractivity contribution in [2.24, 2.45) is 0 Å². The number of nitrogens with one attached hydrogen (secondary N) is 1. The maximum absolute atomic E-state index is 5.25. The molecule has 1 aromatic carbocycles. The zero-order valence-electron chi connectivity index (χ0n) is 17.0. The van der Waals surface area contributed by atoms with E-state index in [-0.39, 0.29) is 0 Å². The second-order valence-corrected chi connectivity index (χ2v) is 7.06. The second-order valence-electron chi connectivity index (χ2n) is 7.06.